The lowest BCUT2D eigenvalue weighted by Crippen LogP contribution is -2.41. The Hall–Kier alpha value is -0.730. The van der Waals surface area contributed by atoms with Crippen molar-refractivity contribution in [1.29, 1.82) is 0 Å². The van der Waals surface area contributed by atoms with Crippen LogP contribution in [0.3, 0.4) is 0 Å². The van der Waals surface area contributed by atoms with Gasteiger partial charge in [-0.2, -0.15) is 0 Å². The Morgan fingerprint density at radius 3 is 1.94 bits per heavy atom. The molecule has 0 atom stereocenters. The van der Waals surface area contributed by atoms with Crippen LogP contribution < -0.4 is 0 Å². The quantitative estimate of drug-likeness (QED) is 0.340. The standard InChI is InChI=1S/C28H50O3/c1-4-6-23-9-11-24(12-10-23)15-18-28(31-27(29)30-21-5-2)19-16-26(17-20-28)25-13-7-22(3)8-14-25/h22-26H,4-21H2,1-3H3/t22?,23-,24-,25?,26?,28?. The van der Waals surface area contributed by atoms with Gasteiger partial charge in [-0.25, -0.2) is 4.79 Å². The summed E-state index contributed by atoms with van der Waals surface area (Å²) in [7, 11) is 0. The Morgan fingerprint density at radius 1 is 0.774 bits per heavy atom. The number of carbonyl (C=O) groups excluding carboxylic acids is 1. The van der Waals surface area contributed by atoms with Crippen molar-refractivity contribution in [2.45, 2.75) is 136 Å². The Labute approximate surface area is 192 Å². The molecule has 0 radical (unpaired) electrons. The summed E-state index contributed by atoms with van der Waals surface area (Å²) in [6.45, 7) is 7.23. The maximum absolute atomic E-state index is 12.4. The first-order chi connectivity index (χ1) is 15.0. The van der Waals surface area contributed by atoms with Crippen molar-refractivity contribution in [3.05, 3.63) is 0 Å². The summed E-state index contributed by atoms with van der Waals surface area (Å²) in [5, 5.41) is 0. The predicted molar refractivity (Wildman–Crippen MR) is 128 cm³/mol. The number of hydrogen-bond acceptors (Lipinski definition) is 3. The van der Waals surface area contributed by atoms with Crippen molar-refractivity contribution in [2.24, 2.45) is 29.6 Å². The fourth-order valence-corrected chi connectivity index (χ4v) is 6.87. The lowest BCUT2D eigenvalue weighted by molar-refractivity contribution is -0.0748. The summed E-state index contributed by atoms with van der Waals surface area (Å²) >= 11 is 0. The molecule has 0 aromatic heterocycles. The summed E-state index contributed by atoms with van der Waals surface area (Å²) < 4.78 is 11.5. The molecule has 0 N–H and O–H groups in total. The molecule has 0 heterocycles. The molecular weight excluding hydrogens is 384 g/mol. The van der Waals surface area contributed by atoms with Gasteiger partial charge in [-0.3, -0.25) is 0 Å². The zero-order valence-electron chi connectivity index (χ0n) is 20.8. The second-order valence-corrected chi connectivity index (χ2v) is 11.5. The Morgan fingerprint density at radius 2 is 1.35 bits per heavy atom. The third kappa shape index (κ3) is 7.67. The number of hydrogen-bond donors (Lipinski definition) is 0. The summed E-state index contributed by atoms with van der Waals surface area (Å²) in [5.41, 5.74) is -0.260. The lowest BCUT2D eigenvalue weighted by Gasteiger charge is -2.43. The molecule has 3 nitrogen and oxygen atoms in total. The molecule has 31 heavy (non-hydrogen) atoms. The summed E-state index contributed by atoms with van der Waals surface area (Å²) in [6, 6.07) is 0. The van der Waals surface area contributed by atoms with Crippen molar-refractivity contribution in [3.63, 3.8) is 0 Å². The first-order valence-corrected chi connectivity index (χ1v) is 13.9. The van der Waals surface area contributed by atoms with E-state index in [1.54, 1.807) is 0 Å². The van der Waals surface area contributed by atoms with Gasteiger partial charge in [0, 0.05) is 0 Å². The largest absolute Gasteiger partial charge is 0.508 e. The fourth-order valence-electron chi connectivity index (χ4n) is 6.87. The van der Waals surface area contributed by atoms with Crippen LogP contribution in [-0.2, 0) is 9.47 Å². The zero-order chi connectivity index (χ0) is 22.1. The number of rotatable bonds is 9. The molecule has 3 heteroatoms. The van der Waals surface area contributed by atoms with Gasteiger partial charge < -0.3 is 9.47 Å². The topological polar surface area (TPSA) is 35.5 Å². The van der Waals surface area contributed by atoms with E-state index in [-0.39, 0.29) is 5.60 Å². The van der Waals surface area contributed by atoms with E-state index < -0.39 is 6.16 Å². The molecule has 3 aliphatic carbocycles. The van der Waals surface area contributed by atoms with Gasteiger partial charge in [0.2, 0.25) is 0 Å². The summed E-state index contributed by atoms with van der Waals surface area (Å²) in [5.74, 6) is 4.47. The highest BCUT2D eigenvalue weighted by atomic mass is 16.7. The van der Waals surface area contributed by atoms with E-state index in [9.17, 15) is 4.79 Å². The Balaban J connectivity index is 1.52. The molecule has 0 amide bonds. The van der Waals surface area contributed by atoms with Crippen LogP contribution in [-0.4, -0.2) is 18.4 Å². The van der Waals surface area contributed by atoms with E-state index in [2.05, 4.69) is 13.8 Å². The molecule has 0 aromatic rings. The normalized spacial score (nSPS) is 36.7. The minimum Gasteiger partial charge on any atom is -0.434 e. The first-order valence-electron chi connectivity index (χ1n) is 13.9. The predicted octanol–water partition coefficient (Wildman–Crippen LogP) is 8.69. The average molecular weight is 435 g/mol. The minimum absolute atomic E-state index is 0.260. The van der Waals surface area contributed by atoms with Crippen molar-refractivity contribution in [3.8, 4) is 0 Å². The molecule has 3 aliphatic rings. The lowest BCUT2D eigenvalue weighted by atomic mass is 9.67. The molecule has 0 bridgehead atoms. The fraction of sp³-hybridized carbons (Fsp3) is 0.964. The van der Waals surface area contributed by atoms with Gasteiger partial charge in [-0.05, 0) is 87.4 Å². The van der Waals surface area contributed by atoms with Crippen LogP contribution in [0.25, 0.3) is 0 Å². The summed E-state index contributed by atoms with van der Waals surface area (Å²) in [6.07, 6.45) is 21.3. The molecule has 3 rings (SSSR count). The van der Waals surface area contributed by atoms with Crippen LogP contribution in [0.5, 0.6) is 0 Å². The highest BCUT2D eigenvalue weighted by molar-refractivity contribution is 5.60. The highest BCUT2D eigenvalue weighted by Crippen LogP contribution is 2.46. The molecule has 0 aliphatic heterocycles. The van der Waals surface area contributed by atoms with E-state index in [0.29, 0.717) is 6.61 Å². The molecule has 0 aromatic carbocycles. The third-order valence-corrected chi connectivity index (χ3v) is 9.06. The zero-order valence-corrected chi connectivity index (χ0v) is 20.8. The molecule has 3 saturated carbocycles. The second-order valence-electron chi connectivity index (χ2n) is 11.5. The second kappa shape index (κ2) is 12.5. The molecule has 0 spiro atoms. The van der Waals surface area contributed by atoms with Crippen molar-refractivity contribution in [2.75, 3.05) is 6.61 Å². The van der Waals surface area contributed by atoms with E-state index in [4.69, 9.17) is 9.47 Å². The smallest absolute Gasteiger partial charge is 0.434 e. The van der Waals surface area contributed by atoms with Gasteiger partial charge in [0.15, 0.2) is 0 Å². The van der Waals surface area contributed by atoms with Gasteiger partial charge in [0.1, 0.15) is 5.60 Å². The van der Waals surface area contributed by atoms with Crippen LogP contribution in [0, 0.1) is 29.6 Å². The van der Waals surface area contributed by atoms with Gasteiger partial charge in [-0.15, -0.1) is 0 Å². The van der Waals surface area contributed by atoms with Gasteiger partial charge in [0.25, 0.3) is 0 Å². The van der Waals surface area contributed by atoms with E-state index >= 15 is 0 Å². The van der Waals surface area contributed by atoms with Gasteiger partial charge in [-0.1, -0.05) is 72.1 Å². The highest BCUT2D eigenvalue weighted by Gasteiger charge is 2.41. The van der Waals surface area contributed by atoms with E-state index in [1.165, 1.54) is 83.5 Å². The van der Waals surface area contributed by atoms with Gasteiger partial charge >= 0.3 is 6.16 Å². The van der Waals surface area contributed by atoms with Gasteiger partial charge in [0.05, 0.1) is 6.61 Å². The minimum atomic E-state index is -0.418. The number of ether oxygens (including phenoxy) is 2. The van der Waals surface area contributed by atoms with Crippen LogP contribution in [0.4, 0.5) is 4.79 Å². The molecular formula is C28H50O3. The SMILES string of the molecule is CCCOC(=O)OC1(CC[C@H]2CC[C@H](CCC)CC2)CCC(C2CCC(C)CC2)CC1. The third-order valence-electron chi connectivity index (χ3n) is 9.06. The summed E-state index contributed by atoms with van der Waals surface area (Å²) in [4.78, 5) is 12.4. The first kappa shape index (κ1) is 24.9. The Kier molecular flexibility index (Phi) is 10.0. The van der Waals surface area contributed by atoms with E-state index in [1.807, 2.05) is 6.92 Å². The van der Waals surface area contributed by atoms with Crippen LogP contribution in [0.1, 0.15) is 130 Å². The average Bonchev–Trinajstić information content (AvgIpc) is 2.79. The molecule has 0 saturated heterocycles. The monoisotopic (exact) mass is 434 g/mol. The van der Waals surface area contributed by atoms with E-state index in [0.717, 1.165) is 55.3 Å². The van der Waals surface area contributed by atoms with Crippen LogP contribution in [0.15, 0.2) is 0 Å². The van der Waals surface area contributed by atoms with Crippen LogP contribution >= 0.6 is 0 Å². The number of carbonyl (C=O) groups is 1. The Bertz CT molecular complexity index is 506. The maximum atomic E-state index is 12.4. The van der Waals surface area contributed by atoms with Crippen molar-refractivity contribution >= 4 is 6.16 Å². The molecule has 0 unspecified atom stereocenters. The van der Waals surface area contributed by atoms with Crippen molar-refractivity contribution in [1.82, 2.24) is 0 Å². The molecule has 3 fully saturated rings. The van der Waals surface area contributed by atoms with Crippen LogP contribution in [0.2, 0.25) is 0 Å². The maximum Gasteiger partial charge on any atom is 0.508 e. The molecule has 180 valence electrons. The van der Waals surface area contributed by atoms with Crippen molar-refractivity contribution < 1.29 is 14.3 Å².